The van der Waals surface area contributed by atoms with Crippen molar-refractivity contribution >= 4 is 28.2 Å². The summed E-state index contributed by atoms with van der Waals surface area (Å²) >= 11 is 1.34. The van der Waals surface area contributed by atoms with Gasteiger partial charge < -0.3 is 15.8 Å². The van der Waals surface area contributed by atoms with E-state index < -0.39 is 12.0 Å². The van der Waals surface area contributed by atoms with Crippen molar-refractivity contribution in [1.82, 2.24) is 0 Å². The van der Waals surface area contributed by atoms with Gasteiger partial charge in [0.15, 0.2) is 0 Å². The Hall–Kier alpha value is -1.66. The predicted octanol–water partition coefficient (Wildman–Crippen LogP) is 2.38. The van der Waals surface area contributed by atoms with Crippen LogP contribution in [-0.2, 0) is 9.53 Å². The molecule has 1 rings (SSSR count). The first-order chi connectivity index (χ1) is 9.42. The summed E-state index contributed by atoms with van der Waals surface area (Å²) in [6.07, 6.45) is 1.96. The Labute approximate surface area is 122 Å². The Balaban J connectivity index is 3.00. The fourth-order valence-electron chi connectivity index (χ4n) is 1.66. The lowest BCUT2D eigenvalue weighted by atomic mass is 10.1. The van der Waals surface area contributed by atoms with Crippen molar-refractivity contribution in [2.24, 2.45) is 5.73 Å². The van der Waals surface area contributed by atoms with Crippen LogP contribution in [0.25, 0.3) is 0 Å². The van der Waals surface area contributed by atoms with Gasteiger partial charge in [-0.25, -0.2) is 4.79 Å². The van der Waals surface area contributed by atoms with Crippen LogP contribution in [0.4, 0.5) is 5.00 Å². The second kappa shape index (κ2) is 7.21. The third-order valence-corrected chi connectivity index (χ3v) is 3.98. The highest BCUT2D eigenvalue weighted by atomic mass is 32.1. The Bertz CT molecular complexity index is 523. The zero-order chi connectivity index (χ0) is 15.3. The number of hydrogen-bond donors (Lipinski definition) is 2. The number of aryl methyl sites for hydroxylation is 1. The minimum absolute atomic E-state index is 0.288. The number of hydrogen-bond acceptors (Lipinski definition) is 5. The molecule has 0 aliphatic heterocycles. The highest BCUT2D eigenvalue weighted by Gasteiger charge is 2.23. The average Bonchev–Trinajstić information content (AvgIpc) is 2.65. The fourth-order valence-corrected chi connectivity index (χ4v) is 2.71. The van der Waals surface area contributed by atoms with Gasteiger partial charge in [-0.1, -0.05) is 6.08 Å². The smallest absolute Gasteiger partial charge is 0.341 e. The topological polar surface area (TPSA) is 81.4 Å². The number of esters is 1. The van der Waals surface area contributed by atoms with Crippen molar-refractivity contribution in [3.8, 4) is 0 Å². The van der Waals surface area contributed by atoms with E-state index in [1.165, 1.54) is 11.3 Å². The molecule has 0 bridgehead atoms. The van der Waals surface area contributed by atoms with Crippen molar-refractivity contribution in [3.63, 3.8) is 0 Å². The normalized spacial score (nSPS) is 11.8. The van der Waals surface area contributed by atoms with Crippen LogP contribution in [0.3, 0.4) is 0 Å². The van der Waals surface area contributed by atoms with Crippen LogP contribution in [-0.4, -0.2) is 24.5 Å². The molecule has 0 radical (unpaired) electrons. The Morgan fingerprint density at radius 1 is 1.50 bits per heavy atom. The molecular weight excluding hydrogens is 276 g/mol. The second-order valence-electron chi connectivity index (χ2n) is 4.33. The highest BCUT2D eigenvalue weighted by molar-refractivity contribution is 7.16. The summed E-state index contributed by atoms with van der Waals surface area (Å²) in [5.74, 6) is -0.765. The molecule has 0 aromatic carbocycles. The molecule has 110 valence electrons. The molecule has 0 aliphatic carbocycles. The molecule has 20 heavy (non-hydrogen) atoms. The molecule has 0 fully saturated rings. The Morgan fingerprint density at radius 2 is 2.15 bits per heavy atom. The average molecular weight is 296 g/mol. The molecule has 1 unspecified atom stereocenters. The summed E-state index contributed by atoms with van der Waals surface area (Å²) in [5, 5.41) is 3.19. The van der Waals surface area contributed by atoms with Crippen molar-refractivity contribution in [1.29, 1.82) is 0 Å². The quantitative estimate of drug-likeness (QED) is 0.624. The van der Waals surface area contributed by atoms with Crippen molar-refractivity contribution in [2.75, 3.05) is 11.9 Å². The van der Waals surface area contributed by atoms with Crippen LogP contribution < -0.4 is 11.1 Å². The number of carbonyl (C=O) groups is 2. The molecular formula is C14H20N2O3S. The van der Waals surface area contributed by atoms with E-state index in [0.29, 0.717) is 17.0 Å². The van der Waals surface area contributed by atoms with Gasteiger partial charge in [0.25, 0.3) is 0 Å². The van der Waals surface area contributed by atoms with E-state index in [1.54, 1.807) is 13.0 Å². The van der Waals surface area contributed by atoms with Gasteiger partial charge in [-0.15, -0.1) is 17.9 Å². The highest BCUT2D eigenvalue weighted by Crippen LogP contribution is 2.33. The summed E-state index contributed by atoms with van der Waals surface area (Å²) in [6, 6.07) is -0.676. The molecule has 1 aromatic heterocycles. The van der Waals surface area contributed by atoms with Gasteiger partial charge >= 0.3 is 5.97 Å². The first kappa shape index (κ1) is 16.4. The number of amides is 1. The first-order valence-electron chi connectivity index (χ1n) is 6.36. The second-order valence-corrected chi connectivity index (χ2v) is 5.55. The van der Waals surface area contributed by atoms with Gasteiger partial charge in [0, 0.05) is 4.88 Å². The number of thiophene rings is 1. The SMILES string of the molecule is C=CCC(N)C(=O)Nc1sc(C)c(C)c1C(=O)OCC. The summed E-state index contributed by atoms with van der Waals surface area (Å²) < 4.78 is 5.02. The number of rotatable bonds is 6. The van der Waals surface area contributed by atoms with E-state index >= 15 is 0 Å². The zero-order valence-corrected chi connectivity index (χ0v) is 12.8. The van der Waals surface area contributed by atoms with Gasteiger partial charge in [0.1, 0.15) is 5.00 Å². The van der Waals surface area contributed by atoms with Crippen LogP contribution >= 0.6 is 11.3 Å². The number of nitrogens with one attached hydrogen (secondary N) is 1. The van der Waals surface area contributed by atoms with Gasteiger partial charge in [-0.05, 0) is 32.8 Å². The van der Waals surface area contributed by atoms with E-state index in [0.717, 1.165) is 10.4 Å². The van der Waals surface area contributed by atoms with Crippen LogP contribution in [0, 0.1) is 13.8 Å². The van der Waals surface area contributed by atoms with Crippen LogP contribution in [0.5, 0.6) is 0 Å². The van der Waals surface area contributed by atoms with E-state index in [-0.39, 0.29) is 12.5 Å². The van der Waals surface area contributed by atoms with Gasteiger partial charge in [-0.3, -0.25) is 4.79 Å². The molecule has 0 aliphatic rings. The van der Waals surface area contributed by atoms with Crippen LogP contribution in [0.15, 0.2) is 12.7 Å². The summed E-state index contributed by atoms with van der Waals surface area (Å²) in [7, 11) is 0. The standard InChI is InChI=1S/C14H20N2O3S/c1-5-7-10(15)12(17)16-13-11(14(18)19-6-2)8(3)9(4)20-13/h5,10H,1,6-7,15H2,2-4H3,(H,16,17). The largest absolute Gasteiger partial charge is 0.462 e. The minimum Gasteiger partial charge on any atom is -0.462 e. The molecule has 3 N–H and O–H groups in total. The zero-order valence-electron chi connectivity index (χ0n) is 12.0. The van der Waals surface area contributed by atoms with Crippen molar-refractivity contribution in [3.05, 3.63) is 28.7 Å². The molecule has 1 aromatic rings. The summed E-state index contributed by atoms with van der Waals surface area (Å²) in [4.78, 5) is 24.8. The van der Waals surface area contributed by atoms with Crippen LogP contribution in [0.1, 0.15) is 34.1 Å². The first-order valence-corrected chi connectivity index (χ1v) is 7.18. The third kappa shape index (κ3) is 3.68. The third-order valence-electron chi connectivity index (χ3n) is 2.86. The van der Waals surface area contributed by atoms with Crippen molar-refractivity contribution < 1.29 is 14.3 Å². The maximum absolute atomic E-state index is 12.0. The lowest BCUT2D eigenvalue weighted by molar-refractivity contribution is -0.117. The lowest BCUT2D eigenvalue weighted by Gasteiger charge is -2.10. The van der Waals surface area contributed by atoms with Crippen molar-refractivity contribution in [2.45, 2.75) is 33.2 Å². The van der Waals surface area contributed by atoms with Crippen LogP contribution in [0.2, 0.25) is 0 Å². The van der Waals surface area contributed by atoms with Gasteiger partial charge in [-0.2, -0.15) is 0 Å². The van der Waals surface area contributed by atoms with Gasteiger partial charge in [0.2, 0.25) is 5.91 Å². The number of anilines is 1. The Morgan fingerprint density at radius 3 is 2.70 bits per heavy atom. The number of carbonyl (C=O) groups excluding carboxylic acids is 2. The number of ether oxygens (including phenoxy) is 1. The molecule has 6 heteroatoms. The van der Waals surface area contributed by atoms with E-state index in [1.807, 2.05) is 13.8 Å². The maximum atomic E-state index is 12.0. The van der Waals surface area contributed by atoms with Gasteiger partial charge in [0.05, 0.1) is 18.2 Å². The fraction of sp³-hybridized carbons (Fsp3) is 0.429. The number of nitrogens with two attached hydrogens (primary N) is 1. The van der Waals surface area contributed by atoms with E-state index in [4.69, 9.17) is 10.5 Å². The monoisotopic (exact) mass is 296 g/mol. The Kier molecular flexibility index (Phi) is 5.91. The molecule has 0 spiro atoms. The minimum atomic E-state index is -0.676. The summed E-state index contributed by atoms with van der Waals surface area (Å²) in [6.45, 7) is 9.30. The molecule has 1 heterocycles. The lowest BCUT2D eigenvalue weighted by Crippen LogP contribution is -2.35. The molecule has 1 atom stereocenters. The molecule has 0 saturated carbocycles. The van der Waals surface area contributed by atoms with E-state index in [9.17, 15) is 9.59 Å². The molecule has 0 saturated heterocycles. The maximum Gasteiger partial charge on any atom is 0.341 e. The molecule has 1 amide bonds. The predicted molar refractivity (Wildman–Crippen MR) is 81.2 cm³/mol. The summed E-state index contributed by atoms with van der Waals surface area (Å²) in [5.41, 5.74) is 6.94. The van der Waals surface area contributed by atoms with E-state index in [2.05, 4.69) is 11.9 Å². The molecule has 5 nitrogen and oxygen atoms in total.